The zero-order valence-corrected chi connectivity index (χ0v) is 13.2. The average molecular weight is 295 g/mol. The summed E-state index contributed by atoms with van der Waals surface area (Å²) in [6.45, 7) is 10.7. The van der Waals surface area contributed by atoms with E-state index in [-0.39, 0.29) is 10.8 Å². The monoisotopic (exact) mass is 294 g/mol. The lowest BCUT2D eigenvalue weighted by atomic mass is 10.3. The van der Waals surface area contributed by atoms with Crippen LogP contribution in [0, 0.1) is 0 Å². The Morgan fingerprint density at radius 1 is 1.59 bits per heavy atom. The molecule has 2 unspecified atom stereocenters. The van der Waals surface area contributed by atoms with Crippen molar-refractivity contribution < 1.29 is 4.55 Å². The third-order valence-corrected chi connectivity index (χ3v) is 5.72. The maximum absolute atomic E-state index is 12.4. The van der Waals surface area contributed by atoms with Crippen LogP contribution in [0.4, 0.5) is 0 Å². The van der Waals surface area contributed by atoms with Gasteiger partial charge in [0.2, 0.25) is 0 Å². The van der Waals surface area contributed by atoms with Crippen LogP contribution in [0.25, 0.3) is 0 Å². The molecule has 0 aliphatic carbocycles. The molecule has 0 amide bonds. The summed E-state index contributed by atoms with van der Waals surface area (Å²) in [6.07, 6.45) is 1.76. The molecule has 0 aliphatic rings. The third kappa shape index (κ3) is 3.83. The Hall–Kier alpha value is 0.190. The third-order valence-electron chi connectivity index (χ3n) is 2.39. The summed E-state index contributed by atoms with van der Waals surface area (Å²) in [5, 5.41) is 0. The van der Waals surface area contributed by atoms with Crippen LogP contribution in [0.1, 0.15) is 45.5 Å². The smallest absolute Gasteiger partial charge is 0.183 e. The zero-order valence-electron chi connectivity index (χ0n) is 10.9. The standard InChI is InChI=1S/C11H19ClN2OS2/c1-6-14(17(15)11(3,4)5)8(2)9-7-13-10(12)16-9/h7-8H,6H2,1-5H3. The minimum Gasteiger partial charge on any atom is -0.597 e. The van der Waals surface area contributed by atoms with Gasteiger partial charge in [-0.05, 0) is 34.6 Å². The minimum absolute atomic E-state index is 0.0741. The molecule has 3 nitrogen and oxygen atoms in total. The minimum atomic E-state index is -1.03. The van der Waals surface area contributed by atoms with Gasteiger partial charge in [-0.25, -0.2) is 4.98 Å². The molecule has 0 N–H and O–H groups in total. The second-order valence-corrected chi connectivity index (χ2v) is 8.62. The molecule has 1 aromatic heterocycles. The molecule has 0 aliphatic heterocycles. The molecule has 0 radical (unpaired) electrons. The van der Waals surface area contributed by atoms with E-state index < -0.39 is 11.4 Å². The van der Waals surface area contributed by atoms with Crippen LogP contribution in [0.5, 0.6) is 0 Å². The lowest BCUT2D eigenvalue weighted by Crippen LogP contribution is -2.43. The highest BCUT2D eigenvalue weighted by Crippen LogP contribution is 2.33. The van der Waals surface area contributed by atoms with Gasteiger partial charge in [0.1, 0.15) is 4.75 Å². The largest absolute Gasteiger partial charge is 0.597 e. The topological polar surface area (TPSA) is 39.2 Å². The molecule has 6 heteroatoms. The summed E-state index contributed by atoms with van der Waals surface area (Å²) in [6, 6.07) is 0.0741. The Kier molecular flexibility index (Phi) is 5.28. The quantitative estimate of drug-likeness (QED) is 0.796. The molecule has 1 aromatic rings. The maximum atomic E-state index is 12.4. The van der Waals surface area contributed by atoms with E-state index in [4.69, 9.17) is 11.6 Å². The van der Waals surface area contributed by atoms with Crippen molar-refractivity contribution in [2.75, 3.05) is 6.54 Å². The number of halogens is 1. The zero-order chi connectivity index (χ0) is 13.2. The van der Waals surface area contributed by atoms with E-state index in [2.05, 4.69) is 4.98 Å². The van der Waals surface area contributed by atoms with Crippen molar-refractivity contribution in [3.8, 4) is 0 Å². The van der Waals surface area contributed by atoms with Crippen LogP contribution in [-0.2, 0) is 11.4 Å². The van der Waals surface area contributed by atoms with Gasteiger partial charge in [-0.3, -0.25) is 0 Å². The summed E-state index contributed by atoms with van der Waals surface area (Å²) in [5.74, 6) is 0. The Balaban J connectivity index is 2.88. The fraction of sp³-hybridized carbons (Fsp3) is 0.727. The maximum Gasteiger partial charge on any atom is 0.183 e. The number of hydrogen-bond donors (Lipinski definition) is 0. The van der Waals surface area contributed by atoms with Crippen molar-refractivity contribution in [1.82, 2.24) is 9.29 Å². The van der Waals surface area contributed by atoms with Gasteiger partial charge < -0.3 is 4.55 Å². The number of aromatic nitrogens is 1. The molecular formula is C11H19ClN2OS2. The summed E-state index contributed by atoms with van der Waals surface area (Å²) in [4.78, 5) is 5.08. The lowest BCUT2D eigenvalue weighted by Gasteiger charge is -2.34. The first kappa shape index (κ1) is 15.2. The second-order valence-electron chi connectivity index (χ2n) is 4.79. The van der Waals surface area contributed by atoms with Gasteiger partial charge in [-0.2, -0.15) is 0 Å². The first-order valence-corrected chi connectivity index (χ1v) is 7.87. The van der Waals surface area contributed by atoms with Crippen LogP contribution >= 0.6 is 22.9 Å². The predicted molar refractivity (Wildman–Crippen MR) is 75.8 cm³/mol. The first-order valence-electron chi connectivity index (χ1n) is 5.57. The first-order chi connectivity index (χ1) is 7.77. The summed E-state index contributed by atoms with van der Waals surface area (Å²) >= 11 is 6.25. The molecule has 0 saturated carbocycles. The van der Waals surface area contributed by atoms with Crippen LogP contribution < -0.4 is 0 Å². The Morgan fingerprint density at radius 3 is 2.53 bits per heavy atom. The van der Waals surface area contributed by atoms with Crippen molar-refractivity contribution in [1.29, 1.82) is 0 Å². The van der Waals surface area contributed by atoms with E-state index in [1.54, 1.807) is 6.20 Å². The summed E-state index contributed by atoms with van der Waals surface area (Å²) in [7, 11) is 0. The predicted octanol–water partition coefficient (Wildman–Crippen LogP) is 3.64. The van der Waals surface area contributed by atoms with Crippen LogP contribution in [-0.4, -0.2) is 25.1 Å². The molecule has 0 fully saturated rings. The second kappa shape index (κ2) is 5.89. The number of nitrogens with zero attached hydrogens (tertiary/aromatic N) is 2. The van der Waals surface area contributed by atoms with Crippen molar-refractivity contribution in [3.05, 3.63) is 15.5 Å². The summed E-state index contributed by atoms with van der Waals surface area (Å²) in [5.41, 5.74) is 0. The molecular weight excluding hydrogens is 276 g/mol. The molecule has 98 valence electrons. The normalized spacial score (nSPS) is 16.2. The van der Waals surface area contributed by atoms with E-state index in [9.17, 15) is 4.55 Å². The van der Waals surface area contributed by atoms with Crippen molar-refractivity contribution in [2.24, 2.45) is 0 Å². The fourth-order valence-electron chi connectivity index (χ4n) is 1.49. The molecule has 0 aromatic carbocycles. The average Bonchev–Trinajstić information content (AvgIpc) is 2.64. The number of rotatable bonds is 4. The van der Waals surface area contributed by atoms with Crippen LogP contribution in [0.15, 0.2) is 6.20 Å². The highest BCUT2D eigenvalue weighted by molar-refractivity contribution is 7.90. The van der Waals surface area contributed by atoms with Gasteiger partial charge in [-0.1, -0.05) is 11.6 Å². The van der Waals surface area contributed by atoms with E-state index in [1.165, 1.54) is 11.3 Å². The Morgan fingerprint density at radius 2 is 2.18 bits per heavy atom. The molecule has 0 saturated heterocycles. The van der Waals surface area contributed by atoms with E-state index >= 15 is 0 Å². The van der Waals surface area contributed by atoms with Gasteiger partial charge >= 0.3 is 0 Å². The fourth-order valence-corrected chi connectivity index (χ4v) is 3.91. The van der Waals surface area contributed by atoms with Crippen molar-refractivity contribution in [2.45, 2.75) is 45.4 Å². The molecule has 2 atom stereocenters. The highest BCUT2D eigenvalue weighted by Gasteiger charge is 2.36. The highest BCUT2D eigenvalue weighted by atomic mass is 35.5. The molecule has 1 heterocycles. The SMILES string of the molecule is CCN(C(C)c1cnc(Cl)s1)[S+]([O-])C(C)(C)C. The Bertz CT molecular complexity index is 365. The van der Waals surface area contributed by atoms with Gasteiger partial charge in [0, 0.05) is 29.0 Å². The van der Waals surface area contributed by atoms with E-state index in [1.807, 2.05) is 38.9 Å². The number of thiazole rings is 1. The molecule has 0 spiro atoms. The lowest BCUT2D eigenvalue weighted by molar-refractivity contribution is 0.348. The van der Waals surface area contributed by atoms with Gasteiger partial charge in [0.25, 0.3) is 0 Å². The molecule has 17 heavy (non-hydrogen) atoms. The van der Waals surface area contributed by atoms with Crippen LogP contribution in [0.2, 0.25) is 4.47 Å². The molecule has 1 rings (SSSR count). The van der Waals surface area contributed by atoms with Gasteiger partial charge in [-0.15, -0.1) is 15.6 Å². The molecule has 0 bridgehead atoms. The van der Waals surface area contributed by atoms with Gasteiger partial charge in [0.15, 0.2) is 4.47 Å². The van der Waals surface area contributed by atoms with Crippen LogP contribution in [0.3, 0.4) is 0 Å². The van der Waals surface area contributed by atoms with E-state index in [0.717, 1.165) is 11.4 Å². The van der Waals surface area contributed by atoms with Crippen molar-refractivity contribution >= 4 is 34.3 Å². The van der Waals surface area contributed by atoms with Gasteiger partial charge in [0.05, 0.1) is 6.04 Å². The Labute approximate surface area is 116 Å². The van der Waals surface area contributed by atoms with Crippen molar-refractivity contribution in [3.63, 3.8) is 0 Å². The number of hydrogen-bond acceptors (Lipinski definition) is 4. The summed E-state index contributed by atoms with van der Waals surface area (Å²) < 4.78 is 14.7. The van der Waals surface area contributed by atoms with E-state index in [0.29, 0.717) is 4.47 Å².